The van der Waals surface area contributed by atoms with Gasteiger partial charge in [0.1, 0.15) is 5.54 Å². The summed E-state index contributed by atoms with van der Waals surface area (Å²) in [6.45, 7) is 7.77. The highest BCUT2D eigenvalue weighted by Gasteiger charge is 2.63. The molecule has 4 aliphatic carbocycles. The number of carbonyl (C=O) groups excluding carboxylic acids is 1. The quantitative estimate of drug-likeness (QED) is 0.840. The lowest BCUT2D eigenvalue weighted by atomic mass is 9.40. The van der Waals surface area contributed by atoms with Crippen molar-refractivity contribution in [2.45, 2.75) is 71.8 Å². The molecular formula is C17H27NO3. The van der Waals surface area contributed by atoms with Crippen molar-refractivity contribution in [3.8, 4) is 0 Å². The van der Waals surface area contributed by atoms with E-state index in [1.807, 2.05) is 0 Å². The average Bonchev–Trinajstić information content (AvgIpc) is 2.22. The zero-order valence-corrected chi connectivity index (χ0v) is 13.6. The minimum atomic E-state index is -1.19. The van der Waals surface area contributed by atoms with Crippen molar-refractivity contribution < 1.29 is 14.7 Å². The Morgan fingerprint density at radius 2 is 1.57 bits per heavy atom. The van der Waals surface area contributed by atoms with Crippen LogP contribution in [0.25, 0.3) is 0 Å². The smallest absolute Gasteiger partial charge is 0.328 e. The Morgan fingerprint density at radius 1 is 1.05 bits per heavy atom. The van der Waals surface area contributed by atoms with Gasteiger partial charge >= 0.3 is 5.97 Å². The summed E-state index contributed by atoms with van der Waals surface area (Å²) in [5, 5.41) is 12.1. The number of aliphatic carboxylic acids is 1. The average molecular weight is 293 g/mol. The third kappa shape index (κ3) is 2.27. The largest absolute Gasteiger partial charge is 0.480 e. The van der Waals surface area contributed by atoms with Gasteiger partial charge in [-0.2, -0.15) is 0 Å². The molecule has 0 saturated heterocycles. The molecule has 21 heavy (non-hydrogen) atoms. The van der Waals surface area contributed by atoms with E-state index >= 15 is 0 Å². The first-order valence-corrected chi connectivity index (χ1v) is 8.04. The summed E-state index contributed by atoms with van der Waals surface area (Å²) < 4.78 is 0. The highest BCUT2D eigenvalue weighted by Crippen LogP contribution is 2.69. The molecule has 4 nitrogen and oxygen atoms in total. The summed E-state index contributed by atoms with van der Waals surface area (Å²) in [6.07, 6.45) is 6.48. The Morgan fingerprint density at radius 3 is 2.00 bits per heavy atom. The van der Waals surface area contributed by atoms with Gasteiger partial charge in [0, 0.05) is 0 Å². The number of carbonyl (C=O) groups is 2. The predicted molar refractivity (Wildman–Crippen MR) is 79.7 cm³/mol. The molecule has 2 atom stereocenters. The molecule has 2 N–H and O–H groups in total. The van der Waals surface area contributed by atoms with Gasteiger partial charge in [-0.05, 0) is 69.1 Å². The summed E-state index contributed by atoms with van der Waals surface area (Å²) >= 11 is 0. The van der Waals surface area contributed by atoms with Crippen LogP contribution in [0.15, 0.2) is 0 Å². The molecule has 4 fully saturated rings. The monoisotopic (exact) mass is 293 g/mol. The lowest BCUT2D eigenvalue weighted by Gasteiger charge is -2.64. The fourth-order valence-corrected chi connectivity index (χ4v) is 6.17. The highest BCUT2D eigenvalue weighted by molar-refractivity contribution is 5.89. The van der Waals surface area contributed by atoms with Crippen LogP contribution in [-0.2, 0) is 9.59 Å². The van der Waals surface area contributed by atoms with E-state index in [4.69, 9.17) is 0 Å². The fourth-order valence-electron chi connectivity index (χ4n) is 6.17. The van der Waals surface area contributed by atoms with Crippen molar-refractivity contribution in [3.05, 3.63) is 0 Å². The van der Waals surface area contributed by atoms with Crippen molar-refractivity contribution in [1.29, 1.82) is 0 Å². The van der Waals surface area contributed by atoms with Crippen molar-refractivity contribution in [2.24, 2.45) is 22.2 Å². The molecule has 4 heteroatoms. The lowest BCUT2D eigenvalue weighted by molar-refractivity contribution is -0.173. The van der Waals surface area contributed by atoms with Crippen LogP contribution in [0.1, 0.15) is 66.2 Å². The molecular weight excluding hydrogens is 266 g/mol. The van der Waals surface area contributed by atoms with Gasteiger partial charge in [0.15, 0.2) is 0 Å². The van der Waals surface area contributed by atoms with Crippen LogP contribution in [0, 0.1) is 22.2 Å². The van der Waals surface area contributed by atoms with Crippen LogP contribution in [0.3, 0.4) is 0 Å². The highest BCUT2D eigenvalue weighted by atomic mass is 16.4. The molecule has 2 unspecified atom stereocenters. The van der Waals surface area contributed by atoms with Gasteiger partial charge in [-0.25, -0.2) is 4.79 Å². The van der Waals surface area contributed by atoms with Crippen molar-refractivity contribution in [2.75, 3.05) is 0 Å². The molecule has 0 aromatic rings. The number of amides is 1. The molecule has 4 saturated carbocycles. The molecule has 1 amide bonds. The molecule has 0 aromatic carbocycles. The molecule has 0 aromatic heterocycles. The number of carboxylic acid groups (broad SMARTS) is 1. The second kappa shape index (κ2) is 4.02. The summed E-state index contributed by atoms with van der Waals surface area (Å²) in [6, 6.07) is 0. The Kier molecular flexibility index (Phi) is 2.84. The van der Waals surface area contributed by atoms with Gasteiger partial charge in [0.2, 0.25) is 5.91 Å². The molecule has 4 bridgehead atoms. The molecule has 0 radical (unpaired) electrons. The van der Waals surface area contributed by atoms with Gasteiger partial charge in [-0.3, -0.25) is 4.79 Å². The molecule has 0 heterocycles. The first kappa shape index (κ1) is 14.9. The summed E-state index contributed by atoms with van der Waals surface area (Å²) in [4.78, 5) is 24.2. The van der Waals surface area contributed by atoms with Crippen LogP contribution >= 0.6 is 0 Å². The van der Waals surface area contributed by atoms with Crippen molar-refractivity contribution in [1.82, 2.24) is 5.32 Å². The zero-order valence-electron chi connectivity index (χ0n) is 13.6. The number of hydrogen-bond donors (Lipinski definition) is 2. The van der Waals surface area contributed by atoms with E-state index in [1.165, 1.54) is 19.3 Å². The van der Waals surface area contributed by atoms with E-state index in [2.05, 4.69) is 19.2 Å². The Bertz CT molecular complexity index is 492. The maximum atomic E-state index is 12.9. The maximum Gasteiger partial charge on any atom is 0.328 e. The number of nitrogens with one attached hydrogen (secondary N) is 1. The predicted octanol–water partition coefficient (Wildman–Crippen LogP) is 2.96. The van der Waals surface area contributed by atoms with Gasteiger partial charge in [0.05, 0.1) is 5.41 Å². The van der Waals surface area contributed by atoms with Crippen LogP contribution in [0.5, 0.6) is 0 Å². The molecule has 4 rings (SSSR count). The SMILES string of the molecule is CC12CC3CC(C)(C1)CC(C(=O)NC(C)(C)C(=O)O)(C3)C2. The van der Waals surface area contributed by atoms with Crippen LogP contribution < -0.4 is 5.32 Å². The van der Waals surface area contributed by atoms with Gasteiger partial charge in [-0.1, -0.05) is 13.8 Å². The molecule has 118 valence electrons. The molecule has 0 spiro atoms. The third-order valence-electron chi connectivity index (χ3n) is 6.07. The van der Waals surface area contributed by atoms with E-state index in [9.17, 15) is 14.7 Å². The van der Waals surface area contributed by atoms with Crippen molar-refractivity contribution >= 4 is 11.9 Å². The van der Waals surface area contributed by atoms with Crippen LogP contribution in [0.2, 0.25) is 0 Å². The zero-order chi connectivity index (χ0) is 15.7. The second-order valence-corrected chi connectivity index (χ2v) is 9.29. The number of rotatable bonds is 3. The fraction of sp³-hybridized carbons (Fsp3) is 0.882. The summed E-state index contributed by atoms with van der Waals surface area (Å²) in [5.74, 6) is -0.371. The standard InChI is InChI=1S/C17H27NO3/c1-14(2,13(20)21)18-12(19)17-7-11-5-15(3,9-17)8-16(4,6-11)10-17/h11H,5-10H2,1-4H3,(H,18,19)(H,20,21). The first-order chi connectivity index (χ1) is 9.48. The van der Waals surface area contributed by atoms with Gasteiger partial charge in [0.25, 0.3) is 0 Å². The van der Waals surface area contributed by atoms with E-state index in [0.29, 0.717) is 5.92 Å². The van der Waals surface area contributed by atoms with Crippen molar-refractivity contribution in [3.63, 3.8) is 0 Å². The normalized spacial score (nSPS) is 44.7. The summed E-state index contributed by atoms with van der Waals surface area (Å²) in [7, 11) is 0. The lowest BCUT2D eigenvalue weighted by Crippen LogP contribution is -2.63. The number of hydrogen-bond acceptors (Lipinski definition) is 2. The molecule has 0 aliphatic heterocycles. The minimum absolute atomic E-state index is 0.0311. The Balaban J connectivity index is 1.88. The number of carboxylic acids is 1. The summed E-state index contributed by atoms with van der Waals surface area (Å²) in [5.41, 5.74) is -1.00. The Hall–Kier alpha value is -1.06. The van der Waals surface area contributed by atoms with E-state index in [1.54, 1.807) is 13.8 Å². The van der Waals surface area contributed by atoms with Gasteiger partial charge in [-0.15, -0.1) is 0 Å². The van der Waals surface area contributed by atoms with E-state index in [-0.39, 0.29) is 22.2 Å². The molecule has 4 aliphatic rings. The topological polar surface area (TPSA) is 66.4 Å². The van der Waals surface area contributed by atoms with Gasteiger partial charge < -0.3 is 10.4 Å². The van der Waals surface area contributed by atoms with E-state index < -0.39 is 11.5 Å². The van der Waals surface area contributed by atoms with Crippen LogP contribution in [-0.4, -0.2) is 22.5 Å². The second-order valence-electron chi connectivity index (χ2n) is 9.29. The van der Waals surface area contributed by atoms with Crippen LogP contribution in [0.4, 0.5) is 0 Å². The minimum Gasteiger partial charge on any atom is -0.480 e. The Labute approximate surface area is 126 Å². The first-order valence-electron chi connectivity index (χ1n) is 8.04. The maximum absolute atomic E-state index is 12.9. The third-order valence-corrected chi connectivity index (χ3v) is 6.07. The van der Waals surface area contributed by atoms with E-state index in [0.717, 1.165) is 19.3 Å².